The molecule has 1 fully saturated rings. The molecule has 1 aliphatic heterocycles. The van der Waals surface area contributed by atoms with Crippen LogP contribution in [-0.2, 0) is 4.74 Å². The van der Waals surface area contributed by atoms with Gasteiger partial charge in [0.25, 0.3) is 0 Å². The van der Waals surface area contributed by atoms with E-state index < -0.39 is 54.2 Å². The Hall–Kier alpha value is -3.35. The van der Waals surface area contributed by atoms with Gasteiger partial charge in [0.05, 0.1) is 6.61 Å². The van der Waals surface area contributed by atoms with Crippen molar-refractivity contribution in [3.05, 3.63) is 46.6 Å². The van der Waals surface area contributed by atoms with Crippen molar-refractivity contribution in [1.82, 2.24) is 0 Å². The molecule has 7 N–H and O–H groups in total. The van der Waals surface area contributed by atoms with Crippen LogP contribution in [0.2, 0.25) is 0 Å². The van der Waals surface area contributed by atoms with Gasteiger partial charge < -0.3 is 49.6 Å². The Morgan fingerprint density at radius 1 is 0.938 bits per heavy atom. The van der Waals surface area contributed by atoms with E-state index in [1.165, 1.54) is 24.3 Å². The van der Waals surface area contributed by atoms with Crippen LogP contribution in [0.4, 0.5) is 0 Å². The lowest BCUT2D eigenvalue weighted by Gasteiger charge is -2.39. The fourth-order valence-electron chi connectivity index (χ4n) is 3.49. The van der Waals surface area contributed by atoms with Gasteiger partial charge in [-0.3, -0.25) is 4.79 Å². The van der Waals surface area contributed by atoms with Gasteiger partial charge in [-0.1, -0.05) is 12.1 Å². The lowest BCUT2D eigenvalue weighted by atomic mass is 9.99. The number of rotatable bonds is 4. The molecule has 1 aliphatic rings. The summed E-state index contributed by atoms with van der Waals surface area (Å²) in [5.41, 5.74) is -0.919. The molecule has 0 radical (unpaired) electrons. The van der Waals surface area contributed by atoms with Crippen LogP contribution < -0.4 is 10.2 Å². The molecule has 2 heterocycles. The number of fused-ring (bicyclic) bond motifs is 1. The quantitative estimate of drug-likeness (QED) is 0.279. The highest BCUT2D eigenvalue weighted by molar-refractivity contribution is 5.88. The summed E-state index contributed by atoms with van der Waals surface area (Å²) in [7, 11) is 0. The summed E-state index contributed by atoms with van der Waals surface area (Å²) in [6.07, 6.45) is -8.21. The van der Waals surface area contributed by atoms with Gasteiger partial charge in [0.1, 0.15) is 52.6 Å². The van der Waals surface area contributed by atoms with Crippen molar-refractivity contribution in [1.29, 1.82) is 0 Å². The predicted octanol–water partition coefficient (Wildman–Crippen LogP) is -0.244. The second-order valence-electron chi connectivity index (χ2n) is 7.29. The second-order valence-corrected chi connectivity index (χ2v) is 7.29. The number of ether oxygens (including phenoxy) is 2. The molecule has 0 amide bonds. The minimum absolute atomic E-state index is 0.164. The summed E-state index contributed by atoms with van der Waals surface area (Å²) >= 11 is 0. The van der Waals surface area contributed by atoms with Gasteiger partial charge >= 0.3 is 0 Å². The molecule has 11 nitrogen and oxygen atoms in total. The van der Waals surface area contributed by atoms with Crippen LogP contribution in [0.3, 0.4) is 0 Å². The number of phenolic OH excluding ortho intramolecular Hbond substituents is 3. The topological polar surface area (TPSA) is 190 Å². The molecule has 1 saturated heterocycles. The van der Waals surface area contributed by atoms with Crippen LogP contribution in [-0.4, -0.2) is 73.1 Å². The van der Waals surface area contributed by atoms with E-state index in [1.54, 1.807) is 0 Å². The average Bonchev–Trinajstić information content (AvgIpc) is 2.75. The minimum atomic E-state index is -1.81. The monoisotopic (exact) mass is 448 g/mol. The largest absolute Gasteiger partial charge is 0.508 e. The Balaban J connectivity index is 1.90. The molecule has 3 aromatic rings. The standard InChI is InChI=1S/C21H20O11/c22-7-13-15(26)17(28)18(29)21(31-13)32-20-16(27)14-11(25)5-10(24)6-12(14)30-19(20)8-2-1-3-9(23)4-8/h1-6,13,15,17-18,21-26,28-29H,7H2/t13-,15-,17+,18-,21+/m1/s1. The van der Waals surface area contributed by atoms with Crippen LogP contribution in [0.15, 0.2) is 45.6 Å². The fraction of sp³-hybridized carbons (Fsp3) is 0.286. The van der Waals surface area contributed by atoms with E-state index in [1.807, 2.05) is 0 Å². The Morgan fingerprint density at radius 2 is 1.69 bits per heavy atom. The Morgan fingerprint density at radius 3 is 2.38 bits per heavy atom. The first kappa shape index (κ1) is 21.9. The van der Waals surface area contributed by atoms with E-state index >= 15 is 0 Å². The number of aromatic hydroxyl groups is 3. The third-order valence-electron chi connectivity index (χ3n) is 5.11. The van der Waals surface area contributed by atoms with Crippen molar-refractivity contribution >= 4 is 11.0 Å². The Kier molecular flexibility index (Phi) is 5.67. The smallest absolute Gasteiger partial charge is 0.239 e. The SMILES string of the molecule is O=c1c(O[C@@H]2O[C@H](CO)[C@@H](O)[C@H](O)[C@H]2O)c(-c2cccc(O)c2)oc2cc(O)cc(O)c12. The predicted molar refractivity (Wildman–Crippen MR) is 107 cm³/mol. The van der Waals surface area contributed by atoms with E-state index in [-0.39, 0.29) is 33.8 Å². The van der Waals surface area contributed by atoms with Crippen molar-refractivity contribution in [3.63, 3.8) is 0 Å². The van der Waals surface area contributed by atoms with Gasteiger partial charge in [0.2, 0.25) is 17.5 Å². The zero-order valence-electron chi connectivity index (χ0n) is 16.3. The van der Waals surface area contributed by atoms with Crippen molar-refractivity contribution in [2.75, 3.05) is 6.61 Å². The van der Waals surface area contributed by atoms with Crippen LogP contribution in [0.1, 0.15) is 0 Å². The molecule has 170 valence electrons. The van der Waals surface area contributed by atoms with Crippen molar-refractivity contribution in [2.45, 2.75) is 30.7 Å². The third kappa shape index (κ3) is 3.72. The van der Waals surface area contributed by atoms with E-state index in [2.05, 4.69) is 0 Å². The molecular weight excluding hydrogens is 428 g/mol. The summed E-state index contributed by atoms with van der Waals surface area (Å²) in [5.74, 6) is -1.92. The molecular formula is C21H20O11. The van der Waals surface area contributed by atoms with Gasteiger partial charge in [-0.25, -0.2) is 0 Å². The Labute approximate surface area is 179 Å². The minimum Gasteiger partial charge on any atom is -0.508 e. The van der Waals surface area contributed by atoms with E-state index in [0.717, 1.165) is 12.1 Å². The molecule has 0 unspecified atom stereocenters. The zero-order chi connectivity index (χ0) is 23.2. The van der Waals surface area contributed by atoms with Gasteiger partial charge in [0.15, 0.2) is 5.76 Å². The van der Waals surface area contributed by atoms with Gasteiger partial charge in [-0.15, -0.1) is 0 Å². The van der Waals surface area contributed by atoms with Gasteiger partial charge in [-0.05, 0) is 12.1 Å². The molecule has 1 aromatic heterocycles. The fourth-order valence-corrected chi connectivity index (χ4v) is 3.49. The first-order valence-corrected chi connectivity index (χ1v) is 9.50. The summed E-state index contributed by atoms with van der Waals surface area (Å²) in [6.45, 7) is -0.712. The lowest BCUT2D eigenvalue weighted by molar-refractivity contribution is -0.277. The summed E-state index contributed by atoms with van der Waals surface area (Å²) < 4.78 is 16.6. The molecule has 2 aromatic carbocycles. The molecule has 5 atom stereocenters. The first-order valence-electron chi connectivity index (χ1n) is 9.50. The highest BCUT2D eigenvalue weighted by Crippen LogP contribution is 2.37. The van der Waals surface area contributed by atoms with Crippen molar-refractivity contribution in [2.24, 2.45) is 0 Å². The Bertz CT molecular complexity index is 1200. The molecule has 0 spiro atoms. The number of phenols is 3. The molecule has 0 saturated carbocycles. The summed E-state index contributed by atoms with van der Waals surface area (Å²) in [6, 6.07) is 7.59. The second kappa shape index (κ2) is 8.30. The van der Waals surface area contributed by atoms with Gasteiger partial charge in [0, 0.05) is 17.7 Å². The summed E-state index contributed by atoms with van der Waals surface area (Å²) in [4.78, 5) is 13.2. The van der Waals surface area contributed by atoms with Crippen molar-refractivity contribution in [3.8, 4) is 34.3 Å². The zero-order valence-corrected chi connectivity index (χ0v) is 16.3. The number of hydrogen-bond donors (Lipinski definition) is 7. The molecule has 4 rings (SSSR count). The first-order chi connectivity index (χ1) is 15.2. The number of hydrogen-bond acceptors (Lipinski definition) is 11. The third-order valence-corrected chi connectivity index (χ3v) is 5.11. The van der Waals surface area contributed by atoms with E-state index in [0.29, 0.717) is 0 Å². The maximum absolute atomic E-state index is 13.2. The summed E-state index contributed by atoms with van der Waals surface area (Å²) in [5, 5.41) is 69.0. The number of aliphatic hydroxyl groups excluding tert-OH is 4. The normalized spacial score (nSPS) is 25.7. The molecule has 11 heteroatoms. The van der Waals surface area contributed by atoms with Crippen LogP contribution in [0, 0.1) is 0 Å². The molecule has 32 heavy (non-hydrogen) atoms. The van der Waals surface area contributed by atoms with Gasteiger partial charge in [-0.2, -0.15) is 0 Å². The average molecular weight is 448 g/mol. The maximum atomic E-state index is 13.2. The lowest BCUT2D eigenvalue weighted by Crippen LogP contribution is -2.60. The highest BCUT2D eigenvalue weighted by Gasteiger charge is 2.45. The van der Waals surface area contributed by atoms with E-state index in [9.17, 15) is 40.5 Å². The van der Waals surface area contributed by atoms with Crippen molar-refractivity contribution < 1.29 is 49.6 Å². The maximum Gasteiger partial charge on any atom is 0.239 e. The van der Waals surface area contributed by atoms with Crippen LogP contribution >= 0.6 is 0 Å². The number of benzene rings is 2. The number of aliphatic hydroxyl groups is 4. The van der Waals surface area contributed by atoms with E-state index in [4.69, 9.17) is 13.9 Å². The highest BCUT2D eigenvalue weighted by atomic mass is 16.7. The molecule has 0 aliphatic carbocycles. The van der Waals surface area contributed by atoms with Crippen LogP contribution in [0.25, 0.3) is 22.3 Å². The van der Waals surface area contributed by atoms with Crippen LogP contribution in [0.5, 0.6) is 23.0 Å². The molecule has 0 bridgehead atoms.